The summed E-state index contributed by atoms with van der Waals surface area (Å²) in [5, 5.41) is 6.36. The summed E-state index contributed by atoms with van der Waals surface area (Å²) in [7, 11) is 0. The van der Waals surface area contributed by atoms with E-state index < -0.39 is 0 Å². The molecule has 0 saturated carbocycles. The van der Waals surface area contributed by atoms with Crippen LogP contribution in [0, 0.1) is 0 Å². The van der Waals surface area contributed by atoms with E-state index in [1.165, 1.54) is 12.5 Å². The Bertz CT molecular complexity index is 454. The number of benzene rings is 1. The van der Waals surface area contributed by atoms with Gasteiger partial charge in [0, 0.05) is 31.8 Å². The van der Waals surface area contributed by atoms with E-state index in [0.717, 1.165) is 31.7 Å². The predicted molar refractivity (Wildman–Crippen MR) is 80.6 cm³/mol. The first-order chi connectivity index (χ1) is 9.44. The molecule has 2 rings (SSSR count). The van der Waals surface area contributed by atoms with Gasteiger partial charge in [-0.3, -0.25) is 4.79 Å². The molecule has 0 aliphatic carbocycles. The fourth-order valence-corrected chi connectivity index (χ4v) is 2.58. The highest BCUT2D eigenvalue weighted by Crippen LogP contribution is 2.24. The van der Waals surface area contributed by atoms with Gasteiger partial charge < -0.3 is 15.4 Å². The van der Waals surface area contributed by atoms with Crippen molar-refractivity contribution in [3.8, 4) is 0 Å². The van der Waals surface area contributed by atoms with Crippen LogP contribution in [-0.2, 0) is 16.1 Å². The lowest BCUT2D eigenvalue weighted by Gasteiger charge is -2.36. The first-order valence-corrected chi connectivity index (χ1v) is 7.18. The van der Waals surface area contributed by atoms with Crippen LogP contribution < -0.4 is 10.6 Å². The van der Waals surface area contributed by atoms with Crippen LogP contribution in [0.15, 0.2) is 24.3 Å². The number of amides is 1. The van der Waals surface area contributed by atoms with Gasteiger partial charge in [0.05, 0.1) is 5.60 Å². The number of anilines is 1. The van der Waals surface area contributed by atoms with E-state index >= 15 is 0 Å². The second-order valence-corrected chi connectivity index (χ2v) is 6.06. The van der Waals surface area contributed by atoms with Crippen LogP contribution in [0.25, 0.3) is 0 Å². The Hall–Kier alpha value is -1.39. The standard InChI is InChI=1S/C16H24N2O2/c1-12(19)18-14-6-4-13(5-7-14)11-17-15-8-9-20-16(2,3)10-15/h4-7,15,17H,8-11H2,1-3H3,(H,18,19). The van der Waals surface area contributed by atoms with Crippen molar-refractivity contribution in [2.45, 2.75) is 51.8 Å². The smallest absolute Gasteiger partial charge is 0.221 e. The molecule has 0 aromatic heterocycles. The number of nitrogens with one attached hydrogen (secondary N) is 2. The number of hydrogen-bond acceptors (Lipinski definition) is 3. The molecular weight excluding hydrogens is 252 g/mol. The van der Waals surface area contributed by atoms with Crippen LogP contribution in [0.3, 0.4) is 0 Å². The van der Waals surface area contributed by atoms with Crippen LogP contribution in [0.1, 0.15) is 39.2 Å². The topological polar surface area (TPSA) is 50.4 Å². The predicted octanol–water partition coefficient (Wildman–Crippen LogP) is 2.69. The molecule has 0 spiro atoms. The quantitative estimate of drug-likeness (QED) is 0.889. The van der Waals surface area contributed by atoms with E-state index in [1.54, 1.807) is 0 Å². The van der Waals surface area contributed by atoms with E-state index in [9.17, 15) is 4.79 Å². The maximum atomic E-state index is 11.0. The van der Waals surface area contributed by atoms with Crippen LogP contribution in [0.5, 0.6) is 0 Å². The van der Waals surface area contributed by atoms with Gasteiger partial charge >= 0.3 is 0 Å². The van der Waals surface area contributed by atoms with Gasteiger partial charge in [0.1, 0.15) is 0 Å². The Kier molecular flexibility index (Phi) is 4.78. The number of rotatable bonds is 4. The molecule has 1 amide bonds. The molecule has 1 fully saturated rings. The summed E-state index contributed by atoms with van der Waals surface area (Å²) < 4.78 is 5.72. The van der Waals surface area contributed by atoms with Crippen molar-refractivity contribution in [2.24, 2.45) is 0 Å². The van der Waals surface area contributed by atoms with Crippen molar-refractivity contribution in [1.82, 2.24) is 5.32 Å². The summed E-state index contributed by atoms with van der Waals surface area (Å²) in [6.07, 6.45) is 2.10. The number of carbonyl (C=O) groups excluding carboxylic acids is 1. The SMILES string of the molecule is CC(=O)Nc1ccc(CNC2CCOC(C)(C)C2)cc1. The third kappa shape index (κ3) is 4.62. The second-order valence-electron chi connectivity index (χ2n) is 6.06. The lowest BCUT2D eigenvalue weighted by molar-refractivity contribution is -0.114. The monoisotopic (exact) mass is 276 g/mol. The Morgan fingerprint density at radius 1 is 1.35 bits per heavy atom. The van der Waals surface area contributed by atoms with Crippen LogP contribution >= 0.6 is 0 Å². The molecular formula is C16H24N2O2. The Labute approximate surface area is 120 Å². The zero-order valence-corrected chi connectivity index (χ0v) is 12.5. The molecule has 4 heteroatoms. The maximum Gasteiger partial charge on any atom is 0.221 e. The number of carbonyl (C=O) groups is 1. The van der Waals surface area contributed by atoms with Crippen molar-refractivity contribution < 1.29 is 9.53 Å². The first kappa shape index (κ1) is 15.0. The zero-order chi connectivity index (χ0) is 14.6. The third-order valence-corrected chi connectivity index (χ3v) is 3.57. The summed E-state index contributed by atoms with van der Waals surface area (Å²) in [6.45, 7) is 7.47. The highest BCUT2D eigenvalue weighted by atomic mass is 16.5. The maximum absolute atomic E-state index is 11.0. The summed E-state index contributed by atoms with van der Waals surface area (Å²) >= 11 is 0. The van der Waals surface area contributed by atoms with Crippen molar-refractivity contribution in [3.63, 3.8) is 0 Å². The van der Waals surface area contributed by atoms with Crippen molar-refractivity contribution in [1.29, 1.82) is 0 Å². The van der Waals surface area contributed by atoms with Crippen LogP contribution in [-0.4, -0.2) is 24.2 Å². The fraction of sp³-hybridized carbons (Fsp3) is 0.562. The summed E-state index contributed by atoms with van der Waals surface area (Å²) in [5.41, 5.74) is 2.04. The number of hydrogen-bond donors (Lipinski definition) is 2. The van der Waals surface area contributed by atoms with Gasteiger partial charge in [0.2, 0.25) is 5.91 Å². The molecule has 1 aromatic carbocycles. The van der Waals surface area contributed by atoms with Crippen molar-refractivity contribution >= 4 is 11.6 Å². The van der Waals surface area contributed by atoms with Gasteiger partial charge in [-0.05, 0) is 44.4 Å². The van der Waals surface area contributed by atoms with E-state index in [2.05, 4.69) is 24.5 Å². The normalized spacial score (nSPS) is 21.4. The average Bonchev–Trinajstić information content (AvgIpc) is 2.36. The highest BCUT2D eigenvalue weighted by Gasteiger charge is 2.28. The van der Waals surface area contributed by atoms with Crippen LogP contribution in [0.4, 0.5) is 5.69 Å². The molecule has 20 heavy (non-hydrogen) atoms. The lowest BCUT2D eigenvalue weighted by atomic mass is 9.94. The molecule has 1 heterocycles. The highest BCUT2D eigenvalue weighted by molar-refractivity contribution is 5.88. The van der Waals surface area contributed by atoms with E-state index in [-0.39, 0.29) is 11.5 Å². The third-order valence-electron chi connectivity index (χ3n) is 3.57. The van der Waals surface area contributed by atoms with Gasteiger partial charge in [-0.2, -0.15) is 0 Å². The van der Waals surface area contributed by atoms with Gasteiger partial charge in [0.15, 0.2) is 0 Å². The molecule has 0 bridgehead atoms. The summed E-state index contributed by atoms with van der Waals surface area (Å²) in [4.78, 5) is 11.0. The largest absolute Gasteiger partial charge is 0.375 e. The van der Waals surface area contributed by atoms with E-state index in [0.29, 0.717) is 6.04 Å². The molecule has 1 aliphatic heterocycles. The zero-order valence-electron chi connectivity index (χ0n) is 12.5. The minimum absolute atomic E-state index is 0.0226. The Morgan fingerprint density at radius 2 is 2.05 bits per heavy atom. The molecule has 1 aliphatic rings. The molecule has 1 unspecified atom stereocenters. The minimum Gasteiger partial charge on any atom is -0.375 e. The van der Waals surface area contributed by atoms with Gasteiger partial charge in [-0.15, -0.1) is 0 Å². The molecule has 1 aromatic rings. The van der Waals surface area contributed by atoms with E-state index in [4.69, 9.17) is 4.74 Å². The summed E-state index contributed by atoms with van der Waals surface area (Å²) in [5.74, 6) is -0.0414. The molecule has 0 radical (unpaired) electrons. The fourth-order valence-electron chi connectivity index (χ4n) is 2.58. The minimum atomic E-state index is -0.0414. The first-order valence-electron chi connectivity index (χ1n) is 7.18. The molecule has 1 saturated heterocycles. The average molecular weight is 276 g/mol. The van der Waals surface area contributed by atoms with Gasteiger partial charge in [-0.25, -0.2) is 0 Å². The molecule has 1 atom stereocenters. The molecule has 110 valence electrons. The van der Waals surface area contributed by atoms with E-state index in [1.807, 2.05) is 24.3 Å². The Morgan fingerprint density at radius 3 is 2.65 bits per heavy atom. The van der Waals surface area contributed by atoms with Crippen molar-refractivity contribution in [3.05, 3.63) is 29.8 Å². The van der Waals surface area contributed by atoms with Gasteiger partial charge in [-0.1, -0.05) is 12.1 Å². The molecule has 4 nitrogen and oxygen atoms in total. The lowest BCUT2D eigenvalue weighted by Crippen LogP contribution is -2.43. The Balaban J connectivity index is 1.83. The summed E-state index contributed by atoms with van der Waals surface area (Å²) in [6, 6.07) is 8.47. The number of ether oxygens (including phenoxy) is 1. The molecule has 2 N–H and O–H groups in total. The van der Waals surface area contributed by atoms with Gasteiger partial charge in [0.25, 0.3) is 0 Å². The van der Waals surface area contributed by atoms with Crippen molar-refractivity contribution in [2.75, 3.05) is 11.9 Å². The second kappa shape index (κ2) is 6.37. The van der Waals surface area contributed by atoms with Crippen LogP contribution in [0.2, 0.25) is 0 Å².